The summed E-state index contributed by atoms with van der Waals surface area (Å²) in [5.41, 5.74) is 8.46. The zero-order valence-corrected chi connectivity index (χ0v) is 9.29. The van der Waals surface area contributed by atoms with E-state index in [1.807, 2.05) is 0 Å². The summed E-state index contributed by atoms with van der Waals surface area (Å²) < 4.78 is 0. The Bertz CT molecular complexity index is 369. The highest BCUT2D eigenvalue weighted by Crippen LogP contribution is 2.54. The first kappa shape index (κ1) is 9.25. The van der Waals surface area contributed by atoms with Crippen molar-refractivity contribution in [1.29, 1.82) is 0 Å². The minimum Gasteiger partial charge on any atom is -0.382 e. The lowest BCUT2D eigenvalue weighted by molar-refractivity contribution is 0.415. The highest BCUT2D eigenvalue weighted by Gasteiger charge is 2.43. The summed E-state index contributed by atoms with van der Waals surface area (Å²) in [6, 6.07) is 0. The average Bonchev–Trinajstić information content (AvgIpc) is 2.93. The third-order valence-corrected chi connectivity index (χ3v) is 4.24. The molecule has 3 N–H and O–H groups in total. The molecule has 15 heavy (non-hydrogen) atoms. The van der Waals surface area contributed by atoms with Gasteiger partial charge in [0, 0.05) is 17.2 Å². The number of nitrogens with zero attached hydrogens (tertiary/aromatic N) is 1. The molecule has 1 aromatic rings. The second-order valence-corrected chi connectivity index (χ2v) is 5.12. The maximum absolute atomic E-state index is 5.86. The van der Waals surface area contributed by atoms with E-state index in [1.165, 1.54) is 36.9 Å². The van der Waals surface area contributed by atoms with Gasteiger partial charge in [0.2, 0.25) is 0 Å². The lowest BCUT2D eigenvalue weighted by Gasteiger charge is -2.20. The van der Waals surface area contributed by atoms with Crippen molar-refractivity contribution in [3.05, 3.63) is 11.3 Å². The Balaban J connectivity index is 1.84. The molecule has 0 aliphatic heterocycles. The van der Waals surface area contributed by atoms with E-state index in [0.29, 0.717) is 11.7 Å². The van der Waals surface area contributed by atoms with E-state index in [9.17, 15) is 0 Å². The minimum absolute atomic E-state index is 0.702. The van der Waals surface area contributed by atoms with E-state index in [0.717, 1.165) is 18.3 Å². The van der Waals surface area contributed by atoms with Crippen LogP contribution in [0.25, 0.3) is 0 Å². The molecule has 3 heteroatoms. The van der Waals surface area contributed by atoms with Gasteiger partial charge in [-0.2, -0.15) is 5.10 Å². The molecule has 0 spiro atoms. The Morgan fingerprint density at radius 1 is 1.33 bits per heavy atom. The van der Waals surface area contributed by atoms with Gasteiger partial charge < -0.3 is 5.73 Å². The maximum atomic E-state index is 5.86. The number of aromatic amines is 1. The average molecular weight is 205 g/mol. The van der Waals surface area contributed by atoms with Gasteiger partial charge in [0.25, 0.3) is 0 Å². The molecule has 2 aliphatic rings. The molecule has 3 atom stereocenters. The molecule has 1 aromatic heterocycles. The van der Waals surface area contributed by atoms with E-state index in [4.69, 9.17) is 5.73 Å². The quantitative estimate of drug-likeness (QED) is 0.779. The fraction of sp³-hybridized carbons (Fsp3) is 0.750. The van der Waals surface area contributed by atoms with E-state index >= 15 is 0 Å². The van der Waals surface area contributed by atoms with Crippen molar-refractivity contribution in [2.45, 2.75) is 44.9 Å². The van der Waals surface area contributed by atoms with E-state index in [1.54, 1.807) is 0 Å². The second kappa shape index (κ2) is 3.26. The summed E-state index contributed by atoms with van der Waals surface area (Å²) in [5, 5.41) is 7.31. The summed E-state index contributed by atoms with van der Waals surface area (Å²) in [6.07, 6.45) is 6.58. The molecule has 0 saturated heterocycles. The molecule has 0 radical (unpaired) electrons. The van der Waals surface area contributed by atoms with Gasteiger partial charge in [-0.3, -0.25) is 5.10 Å². The number of hydrogen-bond acceptors (Lipinski definition) is 2. The van der Waals surface area contributed by atoms with Crippen LogP contribution in [-0.4, -0.2) is 10.2 Å². The van der Waals surface area contributed by atoms with Crippen LogP contribution in [0.4, 0.5) is 5.82 Å². The fourth-order valence-electron chi connectivity index (χ4n) is 3.22. The monoisotopic (exact) mass is 205 g/mol. The number of nitrogens with one attached hydrogen (secondary N) is 1. The van der Waals surface area contributed by atoms with Crippen molar-refractivity contribution in [2.75, 3.05) is 5.73 Å². The Morgan fingerprint density at radius 2 is 2.20 bits per heavy atom. The number of hydrogen-bond donors (Lipinski definition) is 2. The molecule has 82 valence electrons. The predicted octanol–water partition coefficient (Wildman–Crippen LogP) is 2.46. The first-order chi connectivity index (χ1) is 7.29. The van der Waals surface area contributed by atoms with Crippen molar-refractivity contribution in [2.24, 2.45) is 11.8 Å². The molecule has 0 aromatic carbocycles. The second-order valence-electron chi connectivity index (χ2n) is 5.12. The predicted molar refractivity (Wildman–Crippen MR) is 60.6 cm³/mol. The molecule has 2 fully saturated rings. The highest BCUT2D eigenvalue weighted by atomic mass is 15.2. The molecule has 2 aliphatic carbocycles. The number of anilines is 1. The number of fused-ring (bicyclic) bond motifs is 1. The third-order valence-electron chi connectivity index (χ3n) is 4.24. The largest absolute Gasteiger partial charge is 0.382 e. The molecular weight excluding hydrogens is 186 g/mol. The molecular formula is C12H19N3. The van der Waals surface area contributed by atoms with Crippen LogP contribution in [0.15, 0.2) is 0 Å². The van der Waals surface area contributed by atoms with Gasteiger partial charge in [0.1, 0.15) is 5.82 Å². The molecule has 2 saturated carbocycles. The Hall–Kier alpha value is -0.990. The van der Waals surface area contributed by atoms with Crippen LogP contribution in [0.5, 0.6) is 0 Å². The molecule has 1 heterocycles. The number of rotatable bonds is 2. The molecule has 0 amide bonds. The molecule has 3 nitrogen and oxygen atoms in total. The van der Waals surface area contributed by atoms with Crippen molar-refractivity contribution in [1.82, 2.24) is 10.2 Å². The van der Waals surface area contributed by atoms with E-state index in [-0.39, 0.29) is 0 Å². The normalized spacial score (nSPS) is 33.8. The number of nitrogens with two attached hydrogens (primary N) is 1. The summed E-state index contributed by atoms with van der Waals surface area (Å²) in [4.78, 5) is 0. The topological polar surface area (TPSA) is 54.7 Å². The summed E-state index contributed by atoms with van der Waals surface area (Å²) in [6.45, 7) is 2.16. The van der Waals surface area contributed by atoms with Crippen LogP contribution in [0.1, 0.15) is 49.8 Å². The van der Waals surface area contributed by atoms with Gasteiger partial charge in [-0.1, -0.05) is 6.92 Å². The zero-order valence-electron chi connectivity index (χ0n) is 9.29. The Kier molecular flexibility index (Phi) is 2.01. The molecule has 1 unspecified atom stereocenters. The van der Waals surface area contributed by atoms with Crippen LogP contribution in [0.2, 0.25) is 0 Å². The van der Waals surface area contributed by atoms with E-state index < -0.39 is 0 Å². The van der Waals surface area contributed by atoms with Crippen LogP contribution in [0.3, 0.4) is 0 Å². The number of H-pyrrole nitrogens is 1. The van der Waals surface area contributed by atoms with Gasteiger partial charge in [0.05, 0.1) is 0 Å². The van der Waals surface area contributed by atoms with Crippen LogP contribution in [-0.2, 0) is 6.42 Å². The van der Waals surface area contributed by atoms with Gasteiger partial charge in [-0.15, -0.1) is 0 Å². The Morgan fingerprint density at radius 3 is 2.93 bits per heavy atom. The SMILES string of the molecule is CCc1c(N)n[nH]c1C1CC[C@@H]2C[C@@H]2C1. The lowest BCUT2D eigenvalue weighted by atomic mass is 9.85. The van der Waals surface area contributed by atoms with Crippen LogP contribution >= 0.6 is 0 Å². The molecule has 0 bridgehead atoms. The van der Waals surface area contributed by atoms with Gasteiger partial charge in [-0.05, 0) is 43.9 Å². The third kappa shape index (κ3) is 1.45. The fourth-order valence-corrected chi connectivity index (χ4v) is 3.22. The first-order valence-electron chi connectivity index (χ1n) is 6.12. The minimum atomic E-state index is 0.702. The number of aromatic nitrogens is 2. The smallest absolute Gasteiger partial charge is 0.148 e. The first-order valence-corrected chi connectivity index (χ1v) is 6.12. The van der Waals surface area contributed by atoms with Crippen LogP contribution < -0.4 is 5.73 Å². The van der Waals surface area contributed by atoms with Gasteiger partial charge in [0.15, 0.2) is 0 Å². The highest BCUT2D eigenvalue weighted by molar-refractivity contribution is 5.43. The maximum Gasteiger partial charge on any atom is 0.148 e. The van der Waals surface area contributed by atoms with Gasteiger partial charge >= 0.3 is 0 Å². The van der Waals surface area contributed by atoms with Crippen molar-refractivity contribution in [3.8, 4) is 0 Å². The lowest BCUT2D eigenvalue weighted by Crippen LogP contribution is -2.09. The van der Waals surface area contributed by atoms with Crippen molar-refractivity contribution >= 4 is 5.82 Å². The standard InChI is InChI=1S/C12H19N3/c1-2-10-11(14-15-12(10)13)8-4-3-7-5-9(7)6-8/h7-9H,2-6H2,1H3,(H3,13,14,15)/t7-,8?,9-/m1/s1. The Labute approximate surface area is 90.4 Å². The summed E-state index contributed by atoms with van der Waals surface area (Å²) in [7, 11) is 0. The zero-order chi connectivity index (χ0) is 10.4. The molecule has 3 rings (SSSR count). The van der Waals surface area contributed by atoms with Crippen molar-refractivity contribution in [3.63, 3.8) is 0 Å². The van der Waals surface area contributed by atoms with Crippen LogP contribution in [0, 0.1) is 11.8 Å². The summed E-state index contributed by atoms with van der Waals surface area (Å²) in [5.74, 6) is 3.49. The summed E-state index contributed by atoms with van der Waals surface area (Å²) >= 11 is 0. The van der Waals surface area contributed by atoms with Crippen molar-refractivity contribution < 1.29 is 0 Å². The number of nitrogen functional groups attached to an aromatic ring is 1. The van der Waals surface area contributed by atoms with Gasteiger partial charge in [-0.25, -0.2) is 0 Å². The van der Waals surface area contributed by atoms with E-state index in [2.05, 4.69) is 17.1 Å².